The van der Waals surface area contributed by atoms with Gasteiger partial charge >= 0.3 is 7.12 Å². The van der Waals surface area contributed by atoms with Gasteiger partial charge in [0.1, 0.15) is 0 Å². The van der Waals surface area contributed by atoms with Gasteiger partial charge in [0.25, 0.3) is 0 Å². The molecule has 3 fully saturated rings. The molecule has 2 heterocycles. The Morgan fingerprint density at radius 2 is 1.50 bits per heavy atom. The number of piperidine rings is 1. The number of rotatable bonds is 2. The van der Waals surface area contributed by atoms with E-state index in [-0.39, 0.29) is 18.3 Å². The Morgan fingerprint density at radius 1 is 1.00 bits per heavy atom. The Bertz CT molecular complexity index is 370. The molecule has 3 aliphatic rings. The second kappa shape index (κ2) is 4.47. The summed E-state index contributed by atoms with van der Waals surface area (Å²) in [7, 11) is 0.0191. The van der Waals surface area contributed by atoms with Crippen LogP contribution in [0.2, 0.25) is 5.82 Å². The molecule has 0 amide bonds. The third-order valence-corrected chi connectivity index (χ3v) is 6.38. The van der Waals surface area contributed by atoms with Crippen LogP contribution in [0.25, 0.3) is 0 Å². The van der Waals surface area contributed by atoms with E-state index in [2.05, 4.69) is 46.4 Å². The SMILES string of the molecule is CC(C)N1CCC2(CC1)CC2B1OC(C)(C)C(C)(C)O1. The van der Waals surface area contributed by atoms with Crippen molar-refractivity contribution in [2.45, 2.75) is 83.9 Å². The van der Waals surface area contributed by atoms with Crippen LogP contribution in [0.5, 0.6) is 0 Å². The quantitative estimate of drug-likeness (QED) is 0.724. The summed E-state index contributed by atoms with van der Waals surface area (Å²) in [4.78, 5) is 2.60. The smallest absolute Gasteiger partial charge is 0.403 e. The lowest BCUT2D eigenvalue weighted by Gasteiger charge is -2.35. The van der Waals surface area contributed by atoms with E-state index in [0.29, 0.717) is 17.3 Å². The lowest BCUT2D eigenvalue weighted by Crippen LogP contribution is -2.41. The van der Waals surface area contributed by atoms with Crippen LogP contribution in [0.1, 0.15) is 60.8 Å². The molecule has 0 aromatic rings. The van der Waals surface area contributed by atoms with Gasteiger partial charge in [-0.3, -0.25) is 0 Å². The summed E-state index contributed by atoms with van der Waals surface area (Å²) in [5.41, 5.74) is 0.159. The number of nitrogens with zero attached hydrogens (tertiary/aromatic N) is 1. The molecule has 2 saturated heterocycles. The number of hydrogen-bond donors (Lipinski definition) is 0. The van der Waals surface area contributed by atoms with Crippen LogP contribution in [-0.4, -0.2) is 42.4 Å². The van der Waals surface area contributed by atoms with Gasteiger partial charge in [0.05, 0.1) is 11.2 Å². The minimum absolute atomic E-state index is 0.0191. The summed E-state index contributed by atoms with van der Waals surface area (Å²) in [5.74, 6) is 0.623. The zero-order valence-corrected chi connectivity index (χ0v) is 14.0. The predicted molar refractivity (Wildman–Crippen MR) is 82.8 cm³/mol. The van der Waals surface area contributed by atoms with Gasteiger partial charge in [-0.1, -0.05) is 0 Å². The van der Waals surface area contributed by atoms with Crippen LogP contribution >= 0.6 is 0 Å². The fourth-order valence-corrected chi connectivity index (χ4v) is 3.88. The molecule has 0 aromatic carbocycles. The molecule has 4 heteroatoms. The van der Waals surface area contributed by atoms with Gasteiger partial charge in [0.2, 0.25) is 0 Å². The third kappa shape index (κ3) is 2.24. The molecule has 1 saturated carbocycles. The first-order valence-electron chi connectivity index (χ1n) is 8.27. The first kappa shape index (κ1) is 14.9. The molecule has 2 aliphatic heterocycles. The lowest BCUT2D eigenvalue weighted by atomic mass is 9.74. The Labute approximate surface area is 124 Å². The summed E-state index contributed by atoms with van der Waals surface area (Å²) in [6, 6.07) is 0.682. The highest BCUT2D eigenvalue weighted by Gasteiger charge is 2.66. The van der Waals surface area contributed by atoms with Gasteiger partial charge in [0, 0.05) is 11.9 Å². The fourth-order valence-electron chi connectivity index (χ4n) is 3.88. The average Bonchev–Trinajstić information content (AvgIpc) is 2.96. The van der Waals surface area contributed by atoms with Crippen molar-refractivity contribution in [3.8, 4) is 0 Å². The molecule has 0 N–H and O–H groups in total. The minimum atomic E-state index is -0.180. The van der Waals surface area contributed by atoms with E-state index >= 15 is 0 Å². The molecular weight excluding hydrogens is 249 g/mol. The summed E-state index contributed by atoms with van der Waals surface area (Å²) < 4.78 is 12.5. The summed E-state index contributed by atoms with van der Waals surface area (Å²) in [6.07, 6.45) is 3.94. The minimum Gasteiger partial charge on any atom is -0.403 e. The van der Waals surface area contributed by atoms with Gasteiger partial charge in [-0.2, -0.15) is 0 Å². The van der Waals surface area contributed by atoms with Crippen molar-refractivity contribution < 1.29 is 9.31 Å². The standard InChI is InChI=1S/C16H30BNO2/c1-12(2)18-9-7-16(8-10-18)11-13(16)17-19-14(3,4)15(5,6)20-17/h12-13H,7-11H2,1-6H3. The van der Waals surface area contributed by atoms with E-state index in [4.69, 9.17) is 9.31 Å². The average molecular weight is 279 g/mol. The number of hydrogen-bond acceptors (Lipinski definition) is 3. The van der Waals surface area contributed by atoms with Crippen molar-refractivity contribution in [3.63, 3.8) is 0 Å². The van der Waals surface area contributed by atoms with Crippen LogP contribution in [-0.2, 0) is 9.31 Å². The van der Waals surface area contributed by atoms with Crippen molar-refractivity contribution in [3.05, 3.63) is 0 Å². The third-order valence-electron chi connectivity index (χ3n) is 6.38. The van der Waals surface area contributed by atoms with Crippen molar-refractivity contribution >= 4 is 7.12 Å². The van der Waals surface area contributed by atoms with Gasteiger partial charge in [0.15, 0.2) is 0 Å². The fraction of sp³-hybridized carbons (Fsp3) is 1.00. The Hall–Kier alpha value is -0.0551. The summed E-state index contributed by atoms with van der Waals surface area (Å²) >= 11 is 0. The van der Waals surface area contributed by atoms with Crippen LogP contribution in [0.4, 0.5) is 0 Å². The van der Waals surface area contributed by atoms with Gasteiger partial charge in [-0.05, 0) is 79.3 Å². The molecule has 0 aromatic heterocycles. The van der Waals surface area contributed by atoms with E-state index < -0.39 is 0 Å². The zero-order valence-electron chi connectivity index (χ0n) is 14.0. The van der Waals surface area contributed by atoms with Crippen molar-refractivity contribution in [1.82, 2.24) is 4.90 Å². The molecule has 0 bridgehead atoms. The second-order valence-electron chi connectivity index (χ2n) is 8.43. The molecule has 1 unspecified atom stereocenters. The molecule has 3 rings (SSSR count). The van der Waals surface area contributed by atoms with Crippen molar-refractivity contribution in [2.24, 2.45) is 5.41 Å². The molecule has 114 valence electrons. The maximum Gasteiger partial charge on any atom is 0.461 e. The Balaban J connectivity index is 1.61. The molecule has 1 atom stereocenters. The van der Waals surface area contributed by atoms with Crippen LogP contribution in [0, 0.1) is 5.41 Å². The van der Waals surface area contributed by atoms with Gasteiger partial charge in [-0.15, -0.1) is 0 Å². The predicted octanol–water partition coefficient (Wildman–Crippen LogP) is 3.34. The lowest BCUT2D eigenvalue weighted by molar-refractivity contribution is 0.00578. The maximum absolute atomic E-state index is 6.25. The van der Waals surface area contributed by atoms with Crippen LogP contribution in [0.3, 0.4) is 0 Å². The highest BCUT2D eigenvalue weighted by molar-refractivity contribution is 6.49. The first-order valence-corrected chi connectivity index (χ1v) is 8.27. The topological polar surface area (TPSA) is 21.7 Å². The largest absolute Gasteiger partial charge is 0.461 e. The van der Waals surface area contributed by atoms with E-state index in [1.165, 1.54) is 32.4 Å². The molecule has 1 aliphatic carbocycles. The zero-order chi connectivity index (χ0) is 14.8. The molecule has 1 spiro atoms. The van der Waals surface area contributed by atoms with Crippen molar-refractivity contribution in [2.75, 3.05) is 13.1 Å². The van der Waals surface area contributed by atoms with E-state index in [1.807, 2.05) is 0 Å². The van der Waals surface area contributed by atoms with E-state index in [0.717, 1.165) is 0 Å². The number of likely N-dealkylation sites (tertiary alicyclic amines) is 1. The van der Waals surface area contributed by atoms with Gasteiger partial charge < -0.3 is 14.2 Å². The van der Waals surface area contributed by atoms with Gasteiger partial charge in [-0.25, -0.2) is 0 Å². The Morgan fingerprint density at radius 3 is 1.95 bits per heavy atom. The molecule has 3 nitrogen and oxygen atoms in total. The van der Waals surface area contributed by atoms with Crippen LogP contribution in [0.15, 0.2) is 0 Å². The van der Waals surface area contributed by atoms with E-state index in [9.17, 15) is 0 Å². The molecule has 20 heavy (non-hydrogen) atoms. The highest BCUT2D eigenvalue weighted by atomic mass is 16.7. The summed E-state index contributed by atoms with van der Waals surface area (Å²) in [6.45, 7) is 15.7. The molecular formula is C16H30BNO2. The first-order chi connectivity index (χ1) is 9.17. The second-order valence-corrected chi connectivity index (χ2v) is 8.43. The van der Waals surface area contributed by atoms with Crippen LogP contribution < -0.4 is 0 Å². The van der Waals surface area contributed by atoms with Crippen molar-refractivity contribution in [1.29, 1.82) is 0 Å². The summed E-state index contributed by atoms with van der Waals surface area (Å²) in [5, 5.41) is 0. The Kier molecular flexibility index (Phi) is 3.32. The monoisotopic (exact) mass is 279 g/mol. The van der Waals surface area contributed by atoms with E-state index in [1.54, 1.807) is 0 Å². The maximum atomic E-state index is 6.25. The molecule has 0 radical (unpaired) electrons. The normalized spacial score (nSPS) is 35.0. The highest BCUT2D eigenvalue weighted by Crippen LogP contribution is 2.67.